The Hall–Kier alpha value is -1.43. The minimum atomic E-state index is -5.44. The molecule has 4 nitrogen and oxygen atoms in total. The zero-order valence-corrected chi connectivity index (χ0v) is 11.6. The lowest BCUT2D eigenvalue weighted by atomic mass is 10.2. The van der Waals surface area contributed by atoms with Crippen LogP contribution >= 0.6 is 0 Å². The van der Waals surface area contributed by atoms with Crippen molar-refractivity contribution in [2.24, 2.45) is 0 Å². The molecule has 12 heteroatoms. The van der Waals surface area contributed by atoms with E-state index in [-0.39, 0.29) is 6.26 Å². The van der Waals surface area contributed by atoms with Gasteiger partial charge in [-0.2, -0.15) is 0 Å². The van der Waals surface area contributed by atoms with Gasteiger partial charge in [0.25, 0.3) is 0 Å². The molecule has 0 saturated carbocycles. The Bertz CT molecular complexity index is 758. The Labute approximate surface area is 115 Å². The topological polar surface area (TPSA) is 68.3 Å². The molecule has 0 saturated heterocycles. The van der Waals surface area contributed by atoms with Gasteiger partial charge in [-0.1, -0.05) is 5.56 Å². The third kappa shape index (κ3) is 2.95. The average molecular weight is 355 g/mol. The smallest absolute Gasteiger partial charge is 0.185 e. The van der Waals surface area contributed by atoms with E-state index in [0.717, 1.165) is 0 Å². The van der Waals surface area contributed by atoms with Crippen LogP contribution in [0.3, 0.4) is 0 Å². The van der Waals surface area contributed by atoms with Gasteiger partial charge in [0.2, 0.25) is 0 Å². The summed E-state index contributed by atoms with van der Waals surface area (Å²) in [5.74, 6) is -13.1. The molecular formula is C9H5F6O4S2-. The van der Waals surface area contributed by atoms with E-state index >= 15 is 0 Å². The molecule has 0 unspecified atom stereocenters. The Morgan fingerprint density at radius 1 is 0.810 bits per heavy atom. The fourth-order valence-electron chi connectivity index (χ4n) is 1.41. The van der Waals surface area contributed by atoms with Gasteiger partial charge >= 0.3 is 0 Å². The van der Waals surface area contributed by atoms with Crippen molar-refractivity contribution >= 4 is 19.7 Å². The van der Waals surface area contributed by atoms with E-state index in [4.69, 9.17) is 0 Å². The van der Waals surface area contributed by atoms with Crippen molar-refractivity contribution in [1.82, 2.24) is 0 Å². The molecule has 0 fully saturated rings. The number of hydrogen-bond acceptors (Lipinski definition) is 4. The maximum absolute atomic E-state index is 13.5. The van der Waals surface area contributed by atoms with Gasteiger partial charge in [-0.25, -0.2) is 34.4 Å². The van der Waals surface area contributed by atoms with Crippen molar-refractivity contribution in [3.63, 3.8) is 0 Å². The Kier molecular flexibility index (Phi) is 4.53. The molecule has 0 heterocycles. The molecule has 0 bridgehead atoms. The van der Waals surface area contributed by atoms with E-state index in [9.17, 15) is 43.2 Å². The van der Waals surface area contributed by atoms with Gasteiger partial charge in [-0.05, 0) is 0 Å². The summed E-state index contributed by atoms with van der Waals surface area (Å²) in [4.78, 5) is 0. The number of benzene rings is 1. The molecule has 0 aliphatic carbocycles. The lowest BCUT2D eigenvalue weighted by molar-refractivity contribution is 0.374. The molecule has 1 aromatic rings. The van der Waals surface area contributed by atoms with Crippen LogP contribution in [0.1, 0.15) is 5.56 Å². The zero-order valence-electron chi connectivity index (χ0n) is 9.92. The van der Waals surface area contributed by atoms with E-state index in [2.05, 4.69) is 0 Å². The van der Waals surface area contributed by atoms with Gasteiger partial charge < -0.3 is 0 Å². The van der Waals surface area contributed by atoms with Gasteiger partial charge in [-0.15, -0.1) is 0 Å². The lowest BCUT2D eigenvalue weighted by Gasteiger charge is -2.25. The molecule has 1 rings (SSSR count). The van der Waals surface area contributed by atoms with E-state index in [1.54, 1.807) is 0 Å². The van der Waals surface area contributed by atoms with Crippen molar-refractivity contribution in [1.29, 1.82) is 0 Å². The van der Waals surface area contributed by atoms with Crippen LogP contribution in [-0.4, -0.2) is 29.1 Å². The molecule has 21 heavy (non-hydrogen) atoms. The van der Waals surface area contributed by atoms with Crippen LogP contribution in [0.4, 0.5) is 26.3 Å². The molecule has 0 radical (unpaired) electrons. The largest absolute Gasteiger partial charge is 0.280 e. The molecule has 0 aliphatic heterocycles. The normalized spacial score (nSPS) is 12.5. The quantitative estimate of drug-likeness (QED) is 0.356. The van der Waals surface area contributed by atoms with Gasteiger partial charge in [0.15, 0.2) is 21.7 Å². The monoisotopic (exact) mass is 355 g/mol. The molecule has 0 atom stereocenters. The Morgan fingerprint density at radius 3 is 1.43 bits per heavy atom. The molecule has 0 amide bonds. The highest BCUT2D eigenvalue weighted by molar-refractivity contribution is 8.12. The zero-order chi connectivity index (χ0) is 16.7. The third-order valence-electron chi connectivity index (χ3n) is 2.18. The summed E-state index contributed by atoms with van der Waals surface area (Å²) in [6.45, 7) is 0. The van der Waals surface area contributed by atoms with Gasteiger partial charge in [0.1, 0.15) is 21.5 Å². The summed E-state index contributed by atoms with van der Waals surface area (Å²) < 4.78 is 121. The van der Waals surface area contributed by atoms with Crippen molar-refractivity contribution in [2.45, 2.75) is 0 Å². The number of alkyl halides is 1. The number of rotatable bonds is 4. The van der Waals surface area contributed by atoms with Gasteiger partial charge in [-0.3, -0.25) is 8.78 Å². The average Bonchev–Trinajstić information content (AvgIpc) is 2.37. The molecule has 1 aromatic carbocycles. The molecule has 0 aliphatic rings. The van der Waals surface area contributed by atoms with E-state index in [1.807, 2.05) is 0 Å². The highest BCUT2D eigenvalue weighted by Crippen LogP contribution is 2.35. The lowest BCUT2D eigenvalue weighted by Crippen LogP contribution is -2.27. The molecule has 0 aromatic heterocycles. The maximum Gasteiger partial charge on any atom is 0.185 e. The van der Waals surface area contributed by atoms with Crippen LogP contribution in [-0.2, 0) is 19.7 Å². The Balaban J connectivity index is 3.95. The molecular weight excluding hydrogens is 350 g/mol. The fourth-order valence-corrected chi connectivity index (χ4v) is 4.52. The number of sulfone groups is 2. The second-order valence-corrected chi connectivity index (χ2v) is 7.80. The van der Waals surface area contributed by atoms with E-state index in [1.165, 1.54) is 0 Å². The van der Waals surface area contributed by atoms with E-state index < -0.39 is 64.9 Å². The first-order valence-corrected chi connectivity index (χ1v) is 8.28. The van der Waals surface area contributed by atoms with Crippen LogP contribution in [0.15, 0.2) is 0 Å². The molecule has 0 spiro atoms. The number of hydrogen-bond donors (Lipinski definition) is 0. The second kappa shape index (κ2) is 5.40. The van der Waals surface area contributed by atoms with Gasteiger partial charge in [0.05, 0.1) is 16.2 Å². The first-order chi connectivity index (χ1) is 9.36. The first-order valence-electron chi connectivity index (χ1n) is 4.73. The summed E-state index contributed by atoms with van der Waals surface area (Å²) in [6, 6.07) is -2.41. The van der Waals surface area contributed by atoms with Gasteiger partial charge in [0, 0.05) is 6.26 Å². The highest BCUT2D eigenvalue weighted by Gasteiger charge is 2.35. The second-order valence-electron chi connectivity index (χ2n) is 3.73. The maximum atomic E-state index is 13.5. The predicted octanol–water partition coefficient (Wildman–Crippen LogP) is 1.61. The van der Waals surface area contributed by atoms with Crippen molar-refractivity contribution < 1.29 is 43.2 Å². The standard InChI is InChI=1S/C9H5F6O4S2/c1-20(16,17)9(21(18,19)2-10)3-4(11)6(13)8(15)7(14)5(3)12/h2H2,1H3/q-1. The third-order valence-corrected chi connectivity index (χ3v) is 5.78. The van der Waals surface area contributed by atoms with Crippen LogP contribution < -0.4 is 0 Å². The van der Waals surface area contributed by atoms with Crippen molar-refractivity contribution in [2.75, 3.05) is 12.3 Å². The summed E-state index contributed by atoms with van der Waals surface area (Å²) in [5, 5.41) is 0. The van der Waals surface area contributed by atoms with Crippen molar-refractivity contribution in [3.8, 4) is 0 Å². The molecule has 0 N–H and O–H groups in total. The van der Waals surface area contributed by atoms with E-state index in [0.29, 0.717) is 0 Å². The summed E-state index contributed by atoms with van der Waals surface area (Å²) >= 11 is 0. The minimum absolute atomic E-state index is 0.119. The predicted molar refractivity (Wildman–Crippen MR) is 58.3 cm³/mol. The van der Waals surface area contributed by atoms with Crippen LogP contribution in [0.25, 0.3) is 0 Å². The van der Waals surface area contributed by atoms with Crippen LogP contribution in [0.2, 0.25) is 0 Å². The Morgan fingerprint density at radius 2 is 1.14 bits per heavy atom. The van der Waals surface area contributed by atoms with Crippen LogP contribution in [0, 0.1) is 33.7 Å². The minimum Gasteiger partial charge on any atom is -0.280 e. The highest BCUT2D eigenvalue weighted by atomic mass is 32.3. The fraction of sp³-hybridized carbons (Fsp3) is 0.222. The first kappa shape index (κ1) is 17.6. The SMILES string of the molecule is CS(=O)(=O)[C-](c1c(F)c(F)c(F)c(F)c1F)S(=O)(=O)CF. The molecule has 120 valence electrons. The van der Waals surface area contributed by atoms with Crippen molar-refractivity contribution in [3.05, 3.63) is 39.2 Å². The summed E-state index contributed by atoms with van der Waals surface area (Å²) in [5.41, 5.74) is -2.22. The summed E-state index contributed by atoms with van der Waals surface area (Å²) in [6.07, 6.45) is 0.119. The summed E-state index contributed by atoms with van der Waals surface area (Å²) in [7, 11) is -10.5. The number of halogens is 6. The van der Waals surface area contributed by atoms with Crippen LogP contribution in [0.5, 0.6) is 0 Å².